The number of ether oxygens (including phenoxy) is 2. The lowest BCUT2D eigenvalue weighted by Crippen LogP contribution is -1.97. The second-order valence-electron chi connectivity index (χ2n) is 4.25. The lowest BCUT2D eigenvalue weighted by Gasteiger charge is -2.12. The first-order valence-electron chi connectivity index (χ1n) is 6.23. The van der Waals surface area contributed by atoms with Crippen LogP contribution in [0, 0.1) is 0 Å². The molecule has 0 bridgehead atoms. The van der Waals surface area contributed by atoms with Crippen LogP contribution in [0.3, 0.4) is 0 Å². The molecular formula is C17H14O2. The monoisotopic (exact) mass is 250 g/mol. The van der Waals surface area contributed by atoms with Crippen molar-refractivity contribution in [2.75, 3.05) is 0 Å². The Balaban J connectivity index is 1.96. The molecule has 0 saturated carbocycles. The summed E-state index contributed by atoms with van der Waals surface area (Å²) in [5, 5.41) is 0. The van der Waals surface area contributed by atoms with E-state index in [9.17, 15) is 0 Å². The van der Waals surface area contributed by atoms with Crippen LogP contribution in [0.15, 0.2) is 79.3 Å². The molecule has 94 valence electrons. The van der Waals surface area contributed by atoms with Gasteiger partial charge in [0.25, 0.3) is 0 Å². The third kappa shape index (κ3) is 2.68. The zero-order chi connectivity index (χ0) is 12.9. The second kappa shape index (κ2) is 5.44. The molecule has 1 heterocycles. The lowest BCUT2D eigenvalue weighted by atomic mass is 10.1. The number of benzene rings is 2. The van der Waals surface area contributed by atoms with Crippen molar-refractivity contribution in [3.05, 3.63) is 90.4 Å². The first kappa shape index (κ1) is 11.6. The fourth-order valence-electron chi connectivity index (χ4n) is 2.02. The predicted molar refractivity (Wildman–Crippen MR) is 74.9 cm³/mol. The van der Waals surface area contributed by atoms with E-state index in [2.05, 4.69) is 0 Å². The van der Waals surface area contributed by atoms with Crippen LogP contribution in [-0.4, -0.2) is 0 Å². The Labute approximate surface area is 112 Å². The maximum Gasteiger partial charge on any atom is 0.145 e. The van der Waals surface area contributed by atoms with Gasteiger partial charge in [-0.05, 0) is 5.56 Å². The summed E-state index contributed by atoms with van der Waals surface area (Å²) in [4.78, 5) is 0. The Kier molecular flexibility index (Phi) is 3.32. The Morgan fingerprint density at radius 3 is 2.16 bits per heavy atom. The van der Waals surface area contributed by atoms with Crippen molar-refractivity contribution < 1.29 is 9.47 Å². The van der Waals surface area contributed by atoms with Crippen LogP contribution in [0.5, 0.6) is 0 Å². The molecule has 1 aliphatic heterocycles. The first-order valence-corrected chi connectivity index (χ1v) is 6.23. The summed E-state index contributed by atoms with van der Waals surface area (Å²) in [6, 6.07) is 20.1. The van der Waals surface area contributed by atoms with Crippen molar-refractivity contribution in [2.45, 2.75) is 6.10 Å². The van der Waals surface area contributed by atoms with E-state index in [1.807, 2.05) is 66.7 Å². The van der Waals surface area contributed by atoms with Gasteiger partial charge in [0.1, 0.15) is 24.4 Å². The molecule has 2 nitrogen and oxygen atoms in total. The van der Waals surface area contributed by atoms with Crippen molar-refractivity contribution in [1.82, 2.24) is 0 Å². The molecular weight excluding hydrogens is 236 g/mol. The summed E-state index contributed by atoms with van der Waals surface area (Å²) in [5.41, 5.74) is 2.14. The molecule has 0 fully saturated rings. The first-order chi connectivity index (χ1) is 9.43. The summed E-state index contributed by atoms with van der Waals surface area (Å²) in [5.74, 6) is 0.809. The van der Waals surface area contributed by atoms with Crippen molar-refractivity contribution in [1.29, 1.82) is 0 Å². The second-order valence-corrected chi connectivity index (χ2v) is 4.25. The fraction of sp³-hybridized carbons (Fsp3) is 0.0588. The Hall–Kier alpha value is -2.48. The SMILES string of the molecule is C1=COC(c2ccccc2)C=C(c2ccccc2)O1. The van der Waals surface area contributed by atoms with Crippen LogP contribution in [0.4, 0.5) is 0 Å². The molecule has 0 amide bonds. The van der Waals surface area contributed by atoms with E-state index in [-0.39, 0.29) is 6.10 Å². The molecule has 2 heteroatoms. The maximum atomic E-state index is 5.66. The van der Waals surface area contributed by atoms with Crippen LogP contribution >= 0.6 is 0 Å². The van der Waals surface area contributed by atoms with Crippen LogP contribution in [0.1, 0.15) is 17.2 Å². The van der Waals surface area contributed by atoms with Crippen molar-refractivity contribution in [3.8, 4) is 0 Å². The largest absolute Gasteiger partial charge is 0.486 e. The van der Waals surface area contributed by atoms with Gasteiger partial charge in [-0.15, -0.1) is 0 Å². The van der Waals surface area contributed by atoms with E-state index in [1.54, 1.807) is 12.5 Å². The number of hydrogen-bond acceptors (Lipinski definition) is 2. The molecule has 0 aliphatic carbocycles. The quantitative estimate of drug-likeness (QED) is 0.791. The van der Waals surface area contributed by atoms with Crippen LogP contribution < -0.4 is 0 Å². The lowest BCUT2D eigenvalue weighted by molar-refractivity contribution is 0.189. The summed E-state index contributed by atoms with van der Waals surface area (Å²) >= 11 is 0. The zero-order valence-electron chi connectivity index (χ0n) is 10.4. The maximum absolute atomic E-state index is 5.66. The van der Waals surface area contributed by atoms with E-state index in [0.717, 1.165) is 16.9 Å². The minimum absolute atomic E-state index is 0.129. The molecule has 0 spiro atoms. The standard InChI is InChI=1S/C17H14O2/c1-3-7-14(8-4-1)16-13-17(19-12-11-18-16)15-9-5-2-6-10-15/h1-13,16H. The van der Waals surface area contributed by atoms with Crippen molar-refractivity contribution >= 4 is 5.76 Å². The molecule has 0 saturated heterocycles. The van der Waals surface area contributed by atoms with Gasteiger partial charge in [-0.25, -0.2) is 0 Å². The highest BCUT2D eigenvalue weighted by atomic mass is 16.5. The van der Waals surface area contributed by atoms with E-state index in [0.29, 0.717) is 0 Å². The molecule has 1 atom stereocenters. The summed E-state index contributed by atoms with van der Waals surface area (Å²) in [7, 11) is 0. The van der Waals surface area contributed by atoms with Gasteiger partial charge in [-0.2, -0.15) is 0 Å². The summed E-state index contributed by atoms with van der Waals surface area (Å²) < 4.78 is 11.3. The topological polar surface area (TPSA) is 18.5 Å². The van der Waals surface area contributed by atoms with Gasteiger partial charge in [-0.3, -0.25) is 0 Å². The van der Waals surface area contributed by atoms with Gasteiger partial charge >= 0.3 is 0 Å². The summed E-state index contributed by atoms with van der Waals surface area (Å²) in [6.45, 7) is 0. The van der Waals surface area contributed by atoms with Gasteiger partial charge in [0.05, 0.1) is 0 Å². The van der Waals surface area contributed by atoms with Crippen molar-refractivity contribution in [3.63, 3.8) is 0 Å². The van der Waals surface area contributed by atoms with Crippen LogP contribution in [-0.2, 0) is 9.47 Å². The minimum Gasteiger partial charge on any atom is -0.486 e. The smallest absolute Gasteiger partial charge is 0.145 e. The predicted octanol–water partition coefficient (Wildman–Crippen LogP) is 4.29. The van der Waals surface area contributed by atoms with E-state index < -0.39 is 0 Å². The van der Waals surface area contributed by atoms with Crippen LogP contribution in [0.2, 0.25) is 0 Å². The van der Waals surface area contributed by atoms with Crippen LogP contribution in [0.25, 0.3) is 5.76 Å². The Morgan fingerprint density at radius 2 is 1.42 bits per heavy atom. The highest BCUT2D eigenvalue weighted by Gasteiger charge is 2.14. The fourth-order valence-corrected chi connectivity index (χ4v) is 2.02. The molecule has 2 aromatic rings. The molecule has 3 rings (SSSR count). The molecule has 1 aliphatic rings. The number of hydrogen-bond donors (Lipinski definition) is 0. The van der Waals surface area contributed by atoms with E-state index in [4.69, 9.17) is 9.47 Å². The average molecular weight is 250 g/mol. The molecule has 0 aromatic heterocycles. The van der Waals surface area contributed by atoms with Gasteiger partial charge in [0, 0.05) is 11.6 Å². The van der Waals surface area contributed by atoms with Gasteiger partial charge in [-0.1, -0.05) is 60.7 Å². The van der Waals surface area contributed by atoms with Gasteiger partial charge in [0.2, 0.25) is 0 Å². The highest BCUT2D eigenvalue weighted by Crippen LogP contribution is 2.27. The third-order valence-electron chi connectivity index (χ3n) is 2.96. The van der Waals surface area contributed by atoms with E-state index in [1.165, 1.54) is 0 Å². The Morgan fingerprint density at radius 1 is 0.737 bits per heavy atom. The number of rotatable bonds is 2. The third-order valence-corrected chi connectivity index (χ3v) is 2.96. The Bertz CT molecular complexity index is 585. The minimum atomic E-state index is -0.129. The highest BCUT2D eigenvalue weighted by molar-refractivity contribution is 5.61. The molecule has 0 radical (unpaired) electrons. The zero-order valence-corrected chi connectivity index (χ0v) is 10.4. The molecule has 0 N–H and O–H groups in total. The van der Waals surface area contributed by atoms with E-state index >= 15 is 0 Å². The normalized spacial score (nSPS) is 17.9. The molecule has 2 aromatic carbocycles. The molecule has 1 unspecified atom stereocenters. The van der Waals surface area contributed by atoms with Crippen molar-refractivity contribution in [2.24, 2.45) is 0 Å². The average Bonchev–Trinajstić information content (AvgIpc) is 2.75. The van der Waals surface area contributed by atoms with Gasteiger partial charge < -0.3 is 9.47 Å². The van der Waals surface area contributed by atoms with Gasteiger partial charge in [0.15, 0.2) is 0 Å². The molecule has 19 heavy (non-hydrogen) atoms. The summed E-state index contributed by atoms with van der Waals surface area (Å²) in [6.07, 6.45) is 5.02.